The number of fused-ring (bicyclic) bond motifs is 5. The number of likely N-dealkylation sites (tertiary alicyclic amines) is 1. The van der Waals surface area contributed by atoms with Crippen molar-refractivity contribution in [1.29, 1.82) is 0 Å². The van der Waals surface area contributed by atoms with Crippen molar-refractivity contribution >= 4 is 6.09 Å². The number of rotatable bonds is 7. The van der Waals surface area contributed by atoms with E-state index in [0.717, 1.165) is 32.1 Å². The molecule has 1 amide bonds. The number of carbonyl (C=O) groups is 1. The summed E-state index contributed by atoms with van der Waals surface area (Å²) < 4.78 is 5.73. The molecule has 4 N–H and O–H groups in total. The van der Waals surface area contributed by atoms with Gasteiger partial charge in [-0.3, -0.25) is 0 Å². The normalized spacial score (nSPS) is 45.2. The molecule has 1 aliphatic heterocycles. The molecule has 0 aromatic rings. The number of hydrogen-bond acceptors (Lipinski definition) is 6. The van der Waals surface area contributed by atoms with Gasteiger partial charge in [0.05, 0.1) is 32.0 Å². The first kappa shape index (κ1) is 30.6. The van der Waals surface area contributed by atoms with Gasteiger partial charge in [0, 0.05) is 18.5 Å². The molecule has 7 heteroatoms. The summed E-state index contributed by atoms with van der Waals surface area (Å²) in [5.74, 6) is 3.20. The second-order valence-electron chi connectivity index (χ2n) is 15.3. The lowest BCUT2D eigenvalue weighted by Crippen LogP contribution is -2.62. The van der Waals surface area contributed by atoms with E-state index in [9.17, 15) is 25.2 Å². The SMILES string of the molecule is CC[C@H]1[C@@H](O)[C@@H]2[C@H](CC[C@]3(C)[C@@H]([C@H](C)CCOC(=O)N4CCC(CO)(CO)CC4)CC[C@@H]23)[C@@]2(C)CC[C@@H](O)C[C@@H]12. The minimum Gasteiger partial charge on any atom is -0.449 e. The standard InChI is InChI=1S/C33H57NO6/c1-5-23-27-18-22(37)8-11-32(27,4)26-9-12-31(3)24(6-7-25(31)28(26)29(23)38)21(2)10-17-40-30(39)34-15-13-33(19-35,20-36)14-16-34/h21-29,35-38H,5-20H2,1-4H3/t21-,22-,23-,24-,25+,26+,27+,28+,29-,31-,32-/m1/s1. The number of nitrogens with zero attached hydrogens (tertiary/aromatic N) is 1. The Balaban J connectivity index is 1.20. The highest BCUT2D eigenvalue weighted by Crippen LogP contribution is 2.69. The zero-order valence-corrected chi connectivity index (χ0v) is 25.6. The Hall–Kier alpha value is -0.890. The van der Waals surface area contributed by atoms with Crippen LogP contribution in [0.5, 0.6) is 0 Å². The molecule has 11 atom stereocenters. The summed E-state index contributed by atoms with van der Waals surface area (Å²) in [6.45, 7) is 10.9. The Kier molecular flexibility index (Phi) is 8.90. The van der Waals surface area contributed by atoms with Crippen LogP contribution in [-0.4, -0.2) is 76.5 Å². The van der Waals surface area contributed by atoms with Gasteiger partial charge in [-0.2, -0.15) is 0 Å². The van der Waals surface area contributed by atoms with Gasteiger partial charge in [0.15, 0.2) is 0 Å². The largest absolute Gasteiger partial charge is 0.449 e. The van der Waals surface area contributed by atoms with Gasteiger partial charge >= 0.3 is 6.09 Å². The Morgan fingerprint density at radius 3 is 2.23 bits per heavy atom. The molecule has 7 nitrogen and oxygen atoms in total. The molecule has 5 rings (SSSR count). The molecular formula is C33H57NO6. The van der Waals surface area contributed by atoms with E-state index in [2.05, 4.69) is 27.7 Å². The van der Waals surface area contributed by atoms with E-state index >= 15 is 0 Å². The molecule has 230 valence electrons. The molecular weight excluding hydrogens is 506 g/mol. The molecule has 5 aliphatic rings. The third kappa shape index (κ3) is 5.03. The van der Waals surface area contributed by atoms with Crippen molar-refractivity contribution in [3.05, 3.63) is 0 Å². The number of piperidine rings is 1. The molecule has 0 bridgehead atoms. The number of aliphatic hydroxyl groups is 4. The maximum atomic E-state index is 12.7. The fourth-order valence-electron chi connectivity index (χ4n) is 11.1. The van der Waals surface area contributed by atoms with Crippen LogP contribution in [-0.2, 0) is 4.74 Å². The van der Waals surface area contributed by atoms with Crippen LogP contribution in [0.4, 0.5) is 4.79 Å². The fourth-order valence-corrected chi connectivity index (χ4v) is 11.1. The number of hydrogen-bond donors (Lipinski definition) is 4. The van der Waals surface area contributed by atoms with Crippen LogP contribution in [0.1, 0.15) is 98.3 Å². The van der Waals surface area contributed by atoms with Crippen LogP contribution in [0, 0.1) is 57.7 Å². The van der Waals surface area contributed by atoms with E-state index in [1.165, 1.54) is 25.7 Å². The third-order valence-electron chi connectivity index (χ3n) is 13.7. The molecule has 5 fully saturated rings. The van der Waals surface area contributed by atoms with Crippen LogP contribution >= 0.6 is 0 Å². The molecule has 0 aromatic heterocycles. The summed E-state index contributed by atoms with van der Waals surface area (Å²) in [7, 11) is 0. The summed E-state index contributed by atoms with van der Waals surface area (Å²) in [6.07, 6.45) is 9.93. The van der Waals surface area contributed by atoms with Gasteiger partial charge in [0.1, 0.15) is 0 Å². The van der Waals surface area contributed by atoms with Gasteiger partial charge in [-0.25, -0.2) is 4.79 Å². The van der Waals surface area contributed by atoms with Gasteiger partial charge in [0.25, 0.3) is 0 Å². The van der Waals surface area contributed by atoms with E-state index in [4.69, 9.17) is 4.74 Å². The van der Waals surface area contributed by atoms with Crippen molar-refractivity contribution in [3.8, 4) is 0 Å². The zero-order valence-electron chi connectivity index (χ0n) is 25.6. The van der Waals surface area contributed by atoms with E-state index in [1.54, 1.807) is 4.90 Å². The monoisotopic (exact) mass is 563 g/mol. The molecule has 0 unspecified atom stereocenters. The van der Waals surface area contributed by atoms with E-state index in [0.29, 0.717) is 68.0 Å². The van der Waals surface area contributed by atoms with E-state index < -0.39 is 5.41 Å². The lowest BCUT2D eigenvalue weighted by Gasteiger charge is -2.64. The second-order valence-corrected chi connectivity index (χ2v) is 15.3. The van der Waals surface area contributed by atoms with Crippen molar-refractivity contribution in [2.75, 3.05) is 32.9 Å². The molecule has 1 heterocycles. The summed E-state index contributed by atoms with van der Waals surface area (Å²) in [6, 6.07) is 0. The highest BCUT2D eigenvalue weighted by molar-refractivity contribution is 5.67. The summed E-state index contributed by atoms with van der Waals surface area (Å²) in [4.78, 5) is 14.5. The summed E-state index contributed by atoms with van der Waals surface area (Å²) in [5.41, 5.74) is -0.0318. The Bertz CT molecular complexity index is 884. The van der Waals surface area contributed by atoms with Crippen LogP contribution < -0.4 is 0 Å². The van der Waals surface area contributed by atoms with Crippen LogP contribution in [0.25, 0.3) is 0 Å². The fraction of sp³-hybridized carbons (Fsp3) is 0.970. The van der Waals surface area contributed by atoms with Crippen molar-refractivity contribution in [2.24, 2.45) is 57.7 Å². The minimum absolute atomic E-state index is 0.0499. The maximum absolute atomic E-state index is 12.7. The minimum atomic E-state index is -0.474. The average molecular weight is 564 g/mol. The molecule has 4 aliphatic carbocycles. The number of carbonyl (C=O) groups excluding carboxylic acids is 1. The Morgan fingerprint density at radius 1 is 0.925 bits per heavy atom. The number of aliphatic hydroxyl groups excluding tert-OH is 4. The second kappa shape index (κ2) is 11.7. The maximum Gasteiger partial charge on any atom is 0.409 e. The van der Waals surface area contributed by atoms with Crippen molar-refractivity contribution in [1.82, 2.24) is 4.90 Å². The quantitative estimate of drug-likeness (QED) is 0.353. The highest BCUT2D eigenvalue weighted by atomic mass is 16.6. The van der Waals surface area contributed by atoms with Gasteiger partial charge in [0.2, 0.25) is 0 Å². The summed E-state index contributed by atoms with van der Waals surface area (Å²) in [5, 5.41) is 41.7. The highest BCUT2D eigenvalue weighted by Gasteiger charge is 2.64. The predicted octanol–water partition coefficient (Wildman–Crippen LogP) is 4.84. The lowest BCUT2D eigenvalue weighted by molar-refractivity contribution is -0.203. The predicted molar refractivity (Wildman–Crippen MR) is 154 cm³/mol. The van der Waals surface area contributed by atoms with Gasteiger partial charge < -0.3 is 30.1 Å². The first-order valence-corrected chi connectivity index (χ1v) is 16.5. The summed E-state index contributed by atoms with van der Waals surface area (Å²) >= 11 is 0. The Morgan fingerprint density at radius 2 is 1.57 bits per heavy atom. The average Bonchev–Trinajstić information content (AvgIpc) is 3.31. The Labute approximate surface area is 242 Å². The van der Waals surface area contributed by atoms with Gasteiger partial charge in [-0.05, 0) is 116 Å². The van der Waals surface area contributed by atoms with Gasteiger partial charge in [-0.15, -0.1) is 0 Å². The molecule has 1 saturated heterocycles. The van der Waals surface area contributed by atoms with Crippen molar-refractivity contribution in [2.45, 2.75) is 111 Å². The van der Waals surface area contributed by atoms with Crippen molar-refractivity contribution in [3.63, 3.8) is 0 Å². The number of amides is 1. The van der Waals surface area contributed by atoms with E-state index in [1.807, 2.05) is 0 Å². The number of ether oxygens (including phenoxy) is 1. The topological polar surface area (TPSA) is 110 Å². The molecule has 4 saturated carbocycles. The van der Waals surface area contributed by atoms with Crippen LogP contribution in [0.15, 0.2) is 0 Å². The van der Waals surface area contributed by atoms with Gasteiger partial charge in [-0.1, -0.05) is 34.1 Å². The smallest absolute Gasteiger partial charge is 0.409 e. The molecule has 0 spiro atoms. The van der Waals surface area contributed by atoms with E-state index in [-0.39, 0.29) is 48.3 Å². The molecule has 0 radical (unpaired) electrons. The molecule has 40 heavy (non-hydrogen) atoms. The first-order chi connectivity index (χ1) is 19.0. The molecule has 0 aromatic carbocycles. The van der Waals surface area contributed by atoms with Crippen LogP contribution in [0.2, 0.25) is 0 Å². The van der Waals surface area contributed by atoms with Crippen molar-refractivity contribution < 1.29 is 30.0 Å². The lowest BCUT2D eigenvalue weighted by atomic mass is 9.41. The van der Waals surface area contributed by atoms with Crippen LogP contribution in [0.3, 0.4) is 0 Å². The third-order valence-corrected chi connectivity index (χ3v) is 13.7. The zero-order chi connectivity index (χ0) is 28.9. The first-order valence-electron chi connectivity index (χ1n) is 16.5.